The fourth-order valence-electron chi connectivity index (χ4n) is 2.44. The van der Waals surface area contributed by atoms with Crippen LogP contribution in [0.25, 0.3) is 0 Å². The molecule has 2 aromatic rings. The molecule has 1 aliphatic rings. The molecule has 0 saturated heterocycles. The van der Waals surface area contributed by atoms with E-state index >= 15 is 0 Å². The number of halogens is 2. The summed E-state index contributed by atoms with van der Waals surface area (Å²) in [6.07, 6.45) is -0.624. The Morgan fingerprint density at radius 1 is 1.20 bits per heavy atom. The minimum atomic E-state index is -0.782. The maximum absolute atomic E-state index is 13.7. The maximum Gasteiger partial charge on any atom is 0.127 e. The zero-order valence-electron chi connectivity index (χ0n) is 10.8. The molecule has 4 heteroatoms. The van der Waals surface area contributed by atoms with Gasteiger partial charge in [-0.1, -0.05) is 35.9 Å². The first-order valence-electron chi connectivity index (χ1n) is 6.45. The van der Waals surface area contributed by atoms with Crippen LogP contribution in [-0.2, 0) is 24.4 Å². The SMILES string of the molecule is OC(Cc1c(F)cccc1Cl)c1ccc2c(c1)COC2. The number of fused-ring (bicyclic) bond motifs is 1. The second kappa shape index (κ2) is 5.52. The van der Waals surface area contributed by atoms with Crippen molar-refractivity contribution in [3.63, 3.8) is 0 Å². The van der Waals surface area contributed by atoms with Gasteiger partial charge in [-0.25, -0.2) is 4.39 Å². The van der Waals surface area contributed by atoms with Crippen molar-refractivity contribution in [2.24, 2.45) is 0 Å². The normalized spacial score (nSPS) is 15.2. The Morgan fingerprint density at radius 3 is 2.80 bits per heavy atom. The van der Waals surface area contributed by atoms with Crippen molar-refractivity contribution in [1.29, 1.82) is 0 Å². The lowest BCUT2D eigenvalue weighted by Gasteiger charge is -2.14. The van der Waals surface area contributed by atoms with Crippen molar-refractivity contribution in [2.45, 2.75) is 25.7 Å². The summed E-state index contributed by atoms with van der Waals surface area (Å²) < 4.78 is 19.1. The second-order valence-corrected chi connectivity index (χ2v) is 5.35. The summed E-state index contributed by atoms with van der Waals surface area (Å²) >= 11 is 5.98. The van der Waals surface area contributed by atoms with Crippen molar-refractivity contribution >= 4 is 11.6 Å². The van der Waals surface area contributed by atoms with Gasteiger partial charge in [0.15, 0.2) is 0 Å². The van der Waals surface area contributed by atoms with Crippen LogP contribution in [-0.4, -0.2) is 5.11 Å². The highest BCUT2D eigenvalue weighted by atomic mass is 35.5. The molecule has 1 heterocycles. The average Bonchev–Trinajstić information content (AvgIpc) is 2.90. The van der Waals surface area contributed by atoms with Gasteiger partial charge in [0.2, 0.25) is 0 Å². The molecule has 1 unspecified atom stereocenters. The third-order valence-corrected chi connectivity index (χ3v) is 3.94. The first-order valence-corrected chi connectivity index (χ1v) is 6.83. The number of aliphatic hydroxyl groups is 1. The van der Waals surface area contributed by atoms with Gasteiger partial charge in [-0.15, -0.1) is 0 Å². The van der Waals surface area contributed by atoms with E-state index in [2.05, 4.69) is 0 Å². The van der Waals surface area contributed by atoms with Crippen molar-refractivity contribution in [3.8, 4) is 0 Å². The molecular formula is C16H14ClFO2. The molecule has 1 aliphatic heterocycles. The van der Waals surface area contributed by atoms with Gasteiger partial charge in [0.25, 0.3) is 0 Å². The standard InChI is InChI=1S/C16H14ClFO2/c17-14-2-1-3-15(18)13(14)7-16(19)10-4-5-11-8-20-9-12(11)6-10/h1-6,16,19H,7-9H2. The molecular weight excluding hydrogens is 279 g/mol. The van der Waals surface area contributed by atoms with Crippen LogP contribution in [0.1, 0.15) is 28.4 Å². The molecule has 0 bridgehead atoms. The van der Waals surface area contributed by atoms with Crippen molar-refractivity contribution in [1.82, 2.24) is 0 Å². The molecule has 0 amide bonds. The third-order valence-electron chi connectivity index (χ3n) is 3.59. The number of hydrogen-bond acceptors (Lipinski definition) is 2. The maximum atomic E-state index is 13.7. The Balaban J connectivity index is 1.84. The van der Waals surface area contributed by atoms with Crippen LogP contribution in [0.5, 0.6) is 0 Å². The molecule has 0 spiro atoms. The Kier molecular flexibility index (Phi) is 3.74. The van der Waals surface area contributed by atoms with Crippen LogP contribution in [0.3, 0.4) is 0 Å². The van der Waals surface area contributed by atoms with E-state index in [1.54, 1.807) is 12.1 Å². The molecule has 1 atom stereocenters. The summed E-state index contributed by atoms with van der Waals surface area (Å²) in [5, 5.41) is 10.6. The molecule has 3 rings (SSSR count). The quantitative estimate of drug-likeness (QED) is 0.933. The van der Waals surface area contributed by atoms with E-state index in [0.29, 0.717) is 23.8 Å². The van der Waals surface area contributed by atoms with Crippen molar-refractivity contribution in [2.75, 3.05) is 0 Å². The molecule has 0 radical (unpaired) electrons. The Morgan fingerprint density at radius 2 is 2.00 bits per heavy atom. The molecule has 104 valence electrons. The van der Waals surface area contributed by atoms with E-state index in [0.717, 1.165) is 16.7 Å². The third kappa shape index (κ3) is 2.57. The van der Waals surface area contributed by atoms with Gasteiger partial charge in [0.05, 0.1) is 19.3 Å². The van der Waals surface area contributed by atoms with Crippen LogP contribution in [0, 0.1) is 5.82 Å². The minimum Gasteiger partial charge on any atom is -0.388 e. The summed E-state index contributed by atoms with van der Waals surface area (Å²) in [7, 11) is 0. The van der Waals surface area contributed by atoms with E-state index in [-0.39, 0.29) is 12.2 Å². The number of benzene rings is 2. The summed E-state index contributed by atoms with van der Waals surface area (Å²) in [6.45, 7) is 1.18. The van der Waals surface area contributed by atoms with E-state index in [9.17, 15) is 9.50 Å². The predicted molar refractivity (Wildman–Crippen MR) is 75.0 cm³/mol. The van der Waals surface area contributed by atoms with E-state index in [1.165, 1.54) is 6.07 Å². The largest absolute Gasteiger partial charge is 0.388 e. The smallest absolute Gasteiger partial charge is 0.127 e. The molecule has 2 nitrogen and oxygen atoms in total. The van der Waals surface area contributed by atoms with E-state index in [4.69, 9.17) is 16.3 Å². The summed E-state index contributed by atoms with van der Waals surface area (Å²) in [5.74, 6) is -0.388. The minimum absolute atomic E-state index is 0.158. The highest BCUT2D eigenvalue weighted by Crippen LogP contribution is 2.28. The fraction of sp³-hybridized carbons (Fsp3) is 0.250. The Bertz CT molecular complexity index is 622. The Labute approximate surface area is 121 Å². The van der Waals surface area contributed by atoms with Crippen LogP contribution in [0.2, 0.25) is 5.02 Å². The summed E-state index contributed by atoms with van der Waals surface area (Å²) in [4.78, 5) is 0. The topological polar surface area (TPSA) is 29.5 Å². The molecule has 20 heavy (non-hydrogen) atoms. The first kappa shape index (κ1) is 13.6. The predicted octanol–water partition coefficient (Wildman–Crippen LogP) is 3.79. The first-order chi connectivity index (χ1) is 9.65. The number of hydrogen-bond donors (Lipinski definition) is 1. The molecule has 0 saturated carbocycles. The fourth-order valence-corrected chi connectivity index (χ4v) is 2.68. The second-order valence-electron chi connectivity index (χ2n) is 4.94. The Hall–Kier alpha value is -1.42. The monoisotopic (exact) mass is 292 g/mol. The van der Waals surface area contributed by atoms with Gasteiger partial charge in [-0.3, -0.25) is 0 Å². The highest BCUT2D eigenvalue weighted by Gasteiger charge is 2.17. The van der Waals surface area contributed by atoms with Gasteiger partial charge in [-0.05, 0) is 28.8 Å². The number of ether oxygens (including phenoxy) is 1. The highest BCUT2D eigenvalue weighted by molar-refractivity contribution is 6.31. The summed E-state index contributed by atoms with van der Waals surface area (Å²) in [5.41, 5.74) is 3.33. The van der Waals surface area contributed by atoms with Gasteiger partial charge in [-0.2, -0.15) is 0 Å². The number of rotatable bonds is 3. The van der Waals surface area contributed by atoms with Crippen molar-refractivity contribution < 1.29 is 14.2 Å². The number of aliphatic hydroxyl groups excluding tert-OH is 1. The van der Waals surface area contributed by atoms with Crippen LogP contribution in [0.4, 0.5) is 4.39 Å². The van der Waals surface area contributed by atoms with Gasteiger partial charge in [0.1, 0.15) is 5.82 Å². The molecule has 0 aliphatic carbocycles. The van der Waals surface area contributed by atoms with E-state index in [1.807, 2.05) is 18.2 Å². The lowest BCUT2D eigenvalue weighted by Crippen LogP contribution is -2.05. The van der Waals surface area contributed by atoms with Crippen molar-refractivity contribution in [3.05, 3.63) is 69.5 Å². The van der Waals surface area contributed by atoms with Crippen LogP contribution < -0.4 is 0 Å². The van der Waals surface area contributed by atoms with Gasteiger partial charge >= 0.3 is 0 Å². The van der Waals surface area contributed by atoms with Crippen LogP contribution in [0.15, 0.2) is 36.4 Å². The van der Waals surface area contributed by atoms with Gasteiger partial charge < -0.3 is 9.84 Å². The van der Waals surface area contributed by atoms with Crippen LogP contribution >= 0.6 is 11.6 Å². The molecule has 1 N–H and O–H groups in total. The lowest BCUT2D eigenvalue weighted by atomic mass is 9.98. The van der Waals surface area contributed by atoms with E-state index < -0.39 is 6.10 Å². The molecule has 0 fully saturated rings. The zero-order valence-corrected chi connectivity index (χ0v) is 11.5. The molecule has 2 aromatic carbocycles. The average molecular weight is 293 g/mol. The zero-order chi connectivity index (χ0) is 14.1. The lowest BCUT2D eigenvalue weighted by molar-refractivity contribution is 0.134. The molecule has 0 aromatic heterocycles. The van der Waals surface area contributed by atoms with Gasteiger partial charge in [0, 0.05) is 17.0 Å². The summed E-state index contributed by atoms with van der Waals surface area (Å²) in [6, 6.07) is 10.3.